The van der Waals surface area contributed by atoms with Crippen molar-refractivity contribution in [3.05, 3.63) is 21.7 Å². The van der Waals surface area contributed by atoms with Gasteiger partial charge < -0.3 is 0 Å². The molecule has 5 heteroatoms. The van der Waals surface area contributed by atoms with Crippen molar-refractivity contribution in [3.63, 3.8) is 0 Å². The first kappa shape index (κ1) is 14.1. The first-order valence-corrected chi connectivity index (χ1v) is 7.26. The number of rotatable bonds is 5. The molecule has 1 rings (SSSR count). The Morgan fingerprint density at radius 1 is 1.19 bits per heavy atom. The maximum Gasteiger partial charge on any atom is 0.141 e. The molecule has 1 aromatic heterocycles. The van der Waals surface area contributed by atoms with Crippen LogP contribution in [0, 0.1) is 0 Å². The minimum atomic E-state index is 0.248. The fraction of sp³-hybridized carbons (Fsp3) is 0.636. The summed E-state index contributed by atoms with van der Waals surface area (Å²) in [5.74, 6) is 2.84. The predicted octanol–water partition coefficient (Wildman–Crippen LogP) is 4.55. The largest absolute Gasteiger partial charge is 0.220 e. The summed E-state index contributed by atoms with van der Waals surface area (Å²) in [6.07, 6.45) is 1.15. The minimum Gasteiger partial charge on any atom is -0.220 e. The standard InChI is InChI=1S/C11H16Cl2N2S/c1-4-5-16-6-8-14-10(12)9(7(2)3)11(13)15-8/h7H,4-6H2,1-3H3. The van der Waals surface area contributed by atoms with E-state index in [0.717, 1.165) is 29.3 Å². The highest BCUT2D eigenvalue weighted by Crippen LogP contribution is 2.29. The van der Waals surface area contributed by atoms with Crippen LogP contribution in [0.5, 0.6) is 0 Å². The number of halogens is 2. The van der Waals surface area contributed by atoms with Crippen LogP contribution < -0.4 is 0 Å². The van der Waals surface area contributed by atoms with Crippen LogP contribution in [-0.2, 0) is 5.75 Å². The Morgan fingerprint density at radius 2 is 1.75 bits per heavy atom. The van der Waals surface area contributed by atoms with Gasteiger partial charge in [0.15, 0.2) is 0 Å². The van der Waals surface area contributed by atoms with Crippen LogP contribution in [0.1, 0.15) is 44.5 Å². The van der Waals surface area contributed by atoms with Crippen molar-refractivity contribution < 1.29 is 0 Å². The van der Waals surface area contributed by atoms with Gasteiger partial charge in [-0.2, -0.15) is 11.8 Å². The van der Waals surface area contributed by atoms with Gasteiger partial charge >= 0.3 is 0 Å². The zero-order chi connectivity index (χ0) is 12.1. The third kappa shape index (κ3) is 3.79. The number of nitrogens with zero attached hydrogens (tertiary/aromatic N) is 2. The topological polar surface area (TPSA) is 25.8 Å². The maximum absolute atomic E-state index is 6.10. The molecule has 0 N–H and O–H groups in total. The predicted molar refractivity (Wildman–Crippen MR) is 72.6 cm³/mol. The second-order valence-electron chi connectivity index (χ2n) is 3.84. The van der Waals surface area contributed by atoms with E-state index in [2.05, 4.69) is 16.9 Å². The molecule has 0 unspecified atom stereocenters. The van der Waals surface area contributed by atoms with Crippen molar-refractivity contribution >= 4 is 35.0 Å². The molecule has 1 heterocycles. The molecular weight excluding hydrogens is 263 g/mol. The maximum atomic E-state index is 6.10. The van der Waals surface area contributed by atoms with E-state index in [-0.39, 0.29) is 5.92 Å². The molecule has 0 fully saturated rings. The zero-order valence-electron chi connectivity index (χ0n) is 9.76. The number of hydrogen-bond acceptors (Lipinski definition) is 3. The van der Waals surface area contributed by atoms with Gasteiger partial charge in [-0.3, -0.25) is 0 Å². The molecule has 0 aliphatic carbocycles. The van der Waals surface area contributed by atoms with Gasteiger partial charge in [0.05, 0.1) is 5.75 Å². The Morgan fingerprint density at radius 3 is 2.19 bits per heavy atom. The molecule has 1 aromatic rings. The Labute approximate surface area is 111 Å². The number of hydrogen-bond donors (Lipinski definition) is 0. The third-order valence-electron chi connectivity index (χ3n) is 2.06. The molecule has 0 atom stereocenters. The lowest BCUT2D eigenvalue weighted by molar-refractivity contribution is 0.837. The van der Waals surface area contributed by atoms with Gasteiger partial charge in [-0.15, -0.1) is 0 Å². The van der Waals surface area contributed by atoms with E-state index in [1.807, 2.05) is 13.8 Å². The highest BCUT2D eigenvalue weighted by Gasteiger charge is 2.14. The van der Waals surface area contributed by atoms with Crippen molar-refractivity contribution in [2.45, 2.75) is 38.9 Å². The first-order chi connectivity index (χ1) is 7.56. The minimum absolute atomic E-state index is 0.248. The van der Waals surface area contributed by atoms with Crippen molar-refractivity contribution in [1.82, 2.24) is 9.97 Å². The monoisotopic (exact) mass is 278 g/mol. The molecule has 0 aromatic carbocycles. The average molecular weight is 279 g/mol. The molecule has 0 bridgehead atoms. The van der Waals surface area contributed by atoms with Gasteiger partial charge in [-0.1, -0.05) is 44.0 Å². The van der Waals surface area contributed by atoms with E-state index in [1.54, 1.807) is 11.8 Å². The second kappa shape index (κ2) is 6.67. The van der Waals surface area contributed by atoms with Gasteiger partial charge in [0.2, 0.25) is 0 Å². The molecule has 90 valence electrons. The fourth-order valence-electron chi connectivity index (χ4n) is 1.31. The molecular formula is C11H16Cl2N2S. The summed E-state index contributed by atoms with van der Waals surface area (Å²) in [4.78, 5) is 8.55. The van der Waals surface area contributed by atoms with Crippen LogP contribution >= 0.6 is 35.0 Å². The summed E-state index contributed by atoms with van der Waals surface area (Å²) >= 11 is 14.0. The van der Waals surface area contributed by atoms with Gasteiger partial charge in [0, 0.05) is 5.56 Å². The lowest BCUT2D eigenvalue weighted by Gasteiger charge is -2.10. The molecule has 0 saturated heterocycles. The Hall–Kier alpha value is 0.01000. The highest BCUT2D eigenvalue weighted by atomic mass is 35.5. The first-order valence-electron chi connectivity index (χ1n) is 5.35. The molecule has 0 radical (unpaired) electrons. The van der Waals surface area contributed by atoms with Gasteiger partial charge in [-0.25, -0.2) is 9.97 Å². The van der Waals surface area contributed by atoms with Crippen LogP contribution in [0.3, 0.4) is 0 Å². The molecule has 0 aliphatic rings. The van der Waals surface area contributed by atoms with E-state index in [9.17, 15) is 0 Å². The van der Waals surface area contributed by atoms with Crippen LogP contribution in [0.25, 0.3) is 0 Å². The fourth-order valence-corrected chi connectivity index (χ4v) is 2.91. The quantitative estimate of drug-likeness (QED) is 0.584. The molecule has 0 amide bonds. The molecule has 0 spiro atoms. The Balaban J connectivity index is 2.83. The molecule has 16 heavy (non-hydrogen) atoms. The molecule has 0 saturated carbocycles. The van der Waals surface area contributed by atoms with Crippen LogP contribution in [-0.4, -0.2) is 15.7 Å². The van der Waals surface area contributed by atoms with Crippen molar-refractivity contribution in [2.24, 2.45) is 0 Å². The van der Waals surface area contributed by atoms with Crippen LogP contribution in [0.15, 0.2) is 0 Å². The average Bonchev–Trinajstić information content (AvgIpc) is 2.16. The van der Waals surface area contributed by atoms with Crippen LogP contribution in [0.4, 0.5) is 0 Å². The summed E-state index contributed by atoms with van der Waals surface area (Å²) in [5.41, 5.74) is 0.840. The van der Waals surface area contributed by atoms with E-state index < -0.39 is 0 Å². The van der Waals surface area contributed by atoms with E-state index in [0.29, 0.717) is 10.3 Å². The van der Waals surface area contributed by atoms with E-state index in [4.69, 9.17) is 23.2 Å². The van der Waals surface area contributed by atoms with Crippen molar-refractivity contribution in [2.75, 3.05) is 5.75 Å². The second-order valence-corrected chi connectivity index (χ2v) is 5.66. The normalized spacial score (nSPS) is 11.1. The smallest absolute Gasteiger partial charge is 0.141 e. The van der Waals surface area contributed by atoms with Gasteiger partial charge in [0.1, 0.15) is 16.1 Å². The lowest BCUT2D eigenvalue weighted by Crippen LogP contribution is -2.01. The van der Waals surface area contributed by atoms with Crippen LogP contribution in [0.2, 0.25) is 10.3 Å². The van der Waals surface area contributed by atoms with Crippen molar-refractivity contribution in [1.29, 1.82) is 0 Å². The van der Waals surface area contributed by atoms with E-state index >= 15 is 0 Å². The lowest BCUT2D eigenvalue weighted by atomic mass is 10.1. The molecule has 0 aliphatic heterocycles. The zero-order valence-corrected chi connectivity index (χ0v) is 12.1. The Bertz CT molecular complexity index is 333. The number of thioether (sulfide) groups is 1. The molecule has 2 nitrogen and oxygen atoms in total. The summed E-state index contributed by atoms with van der Waals surface area (Å²) in [6.45, 7) is 6.21. The van der Waals surface area contributed by atoms with Gasteiger partial charge in [-0.05, 0) is 18.1 Å². The summed E-state index contributed by atoms with van der Waals surface area (Å²) in [7, 11) is 0. The summed E-state index contributed by atoms with van der Waals surface area (Å²) in [5, 5.41) is 0.976. The SMILES string of the molecule is CCCSCc1nc(Cl)c(C(C)C)c(Cl)n1. The third-order valence-corrected chi connectivity index (χ3v) is 3.79. The summed E-state index contributed by atoms with van der Waals surface area (Å²) in [6, 6.07) is 0. The van der Waals surface area contributed by atoms with Gasteiger partial charge in [0.25, 0.3) is 0 Å². The van der Waals surface area contributed by atoms with Crippen molar-refractivity contribution in [3.8, 4) is 0 Å². The Kier molecular flexibility index (Phi) is 5.87. The van der Waals surface area contributed by atoms with E-state index in [1.165, 1.54) is 0 Å². The highest BCUT2D eigenvalue weighted by molar-refractivity contribution is 7.98. The summed E-state index contributed by atoms with van der Waals surface area (Å²) < 4.78 is 0. The number of aromatic nitrogens is 2.